The average molecular weight is 471 g/mol. The molecule has 150 valence electrons. The van der Waals surface area contributed by atoms with E-state index in [1.807, 2.05) is 0 Å². The van der Waals surface area contributed by atoms with E-state index >= 15 is 0 Å². The molecule has 0 aliphatic heterocycles. The van der Waals surface area contributed by atoms with Crippen LogP contribution in [0.2, 0.25) is 15.1 Å². The normalized spacial score (nSPS) is 11.2. The summed E-state index contributed by atoms with van der Waals surface area (Å²) in [6.45, 7) is 0. The highest BCUT2D eigenvalue weighted by Gasteiger charge is 2.32. The Morgan fingerprint density at radius 3 is 2.03 bits per heavy atom. The van der Waals surface area contributed by atoms with Crippen molar-refractivity contribution in [2.24, 2.45) is 0 Å². The van der Waals surface area contributed by atoms with Crippen molar-refractivity contribution in [2.75, 3.05) is 11.4 Å². The summed E-state index contributed by atoms with van der Waals surface area (Å²) in [4.78, 5) is 13.1. The lowest BCUT2D eigenvalue weighted by atomic mass is 10.2. The van der Waals surface area contributed by atoms with Crippen LogP contribution < -0.4 is 9.04 Å². The topological polar surface area (TPSA) is 63.7 Å². The third-order valence-electron chi connectivity index (χ3n) is 4.01. The van der Waals surface area contributed by atoms with Crippen LogP contribution in [-0.4, -0.2) is 21.4 Å². The molecule has 0 N–H and O–H groups in total. The van der Waals surface area contributed by atoms with E-state index in [1.54, 1.807) is 12.1 Å². The van der Waals surface area contributed by atoms with Crippen molar-refractivity contribution in [3.05, 3.63) is 87.4 Å². The second-order valence-corrected chi connectivity index (χ2v) is 8.89. The zero-order valence-corrected chi connectivity index (χ0v) is 18.1. The van der Waals surface area contributed by atoms with Crippen LogP contribution in [0.1, 0.15) is 10.4 Å². The zero-order chi connectivity index (χ0) is 21.2. The van der Waals surface area contributed by atoms with Gasteiger partial charge in [-0.3, -0.25) is 4.79 Å². The second kappa shape index (κ2) is 8.63. The molecule has 0 spiro atoms. The van der Waals surface area contributed by atoms with Crippen molar-refractivity contribution in [1.29, 1.82) is 0 Å². The van der Waals surface area contributed by atoms with Gasteiger partial charge in [-0.05, 0) is 66.7 Å². The maximum atomic E-state index is 13.3. The van der Waals surface area contributed by atoms with E-state index in [-0.39, 0.29) is 26.2 Å². The summed E-state index contributed by atoms with van der Waals surface area (Å²) >= 11 is 17.8. The molecule has 0 unspecified atom stereocenters. The molecule has 5 nitrogen and oxygen atoms in total. The monoisotopic (exact) mass is 469 g/mol. The minimum Gasteiger partial charge on any atom is -0.497 e. The van der Waals surface area contributed by atoms with Gasteiger partial charge in [0, 0.05) is 10.6 Å². The van der Waals surface area contributed by atoms with Crippen LogP contribution in [-0.2, 0) is 10.0 Å². The van der Waals surface area contributed by atoms with Gasteiger partial charge in [-0.25, -0.2) is 8.42 Å². The van der Waals surface area contributed by atoms with Crippen LogP contribution >= 0.6 is 34.8 Å². The van der Waals surface area contributed by atoms with E-state index in [0.29, 0.717) is 15.1 Å². The highest BCUT2D eigenvalue weighted by atomic mass is 35.5. The van der Waals surface area contributed by atoms with Crippen molar-refractivity contribution in [1.82, 2.24) is 0 Å². The van der Waals surface area contributed by atoms with E-state index in [2.05, 4.69) is 0 Å². The van der Waals surface area contributed by atoms with Crippen LogP contribution in [0.25, 0.3) is 0 Å². The smallest absolute Gasteiger partial charge is 0.272 e. The maximum absolute atomic E-state index is 13.3. The molecule has 0 heterocycles. The highest BCUT2D eigenvalue weighted by molar-refractivity contribution is 7.93. The quantitative estimate of drug-likeness (QED) is 0.480. The SMILES string of the molecule is COc1ccc(N(C(=O)c2ccc(Cl)c(Cl)c2)S(=O)(=O)c2ccc(Cl)cc2)cc1. The Bertz CT molecular complexity index is 1150. The molecule has 0 saturated carbocycles. The molecule has 9 heteroatoms. The number of hydrogen-bond acceptors (Lipinski definition) is 4. The van der Waals surface area contributed by atoms with E-state index in [1.165, 1.54) is 61.7 Å². The molecule has 0 atom stereocenters. The summed E-state index contributed by atoms with van der Waals surface area (Å²) in [6.07, 6.45) is 0. The number of hydrogen-bond donors (Lipinski definition) is 0. The molecule has 0 fully saturated rings. The van der Waals surface area contributed by atoms with E-state index in [0.717, 1.165) is 0 Å². The highest BCUT2D eigenvalue weighted by Crippen LogP contribution is 2.30. The number of sulfonamides is 1. The molecule has 29 heavy (non-hydrogen) atoms. The maximum Gasteiger partial charge on any atom is 0.272 e. The molecule has 3 aromatic rings. The van der Waals surface area contributed by atoms with Gasteiger partial charge in [-0.2, -0.15) is 4.31 Å². The lowest BCUT2D eigenvalue weighted by Gasteiger charge is -2.23. The minimum atomic E-state index is -4.25. The number of amides is 1. The second-order valence-electron chi connectivity index (χ2n) is 5.86. The Hall–Kier alpha value is -2.25. The zero-order valence-electron chi connectivity index (χ0n) is 15.0. The van der Waals surface area contributed by atoms with Crippen LogP contribution in [0.5, 0.6) is 5.75 Å². The fourth-order valence-electron chi connectivity index (χ4n) is 2.54. The number of halogens is 3. The lowest BCUT2D eigenvalue weighted by Crippen LogP contribution is -2.37. The third kappa shape index (κ3) is 4.51. The summed E-state index contributed by atoms with van der Waals surface area (Å²) in [5, 5.41) is 0.756. The number of anilines is 1. The summed E-state index contributed by atoms with van der Waals surface area (Å²) in [6, 6.07) is 15.7. The molecule has 3 rings (SSSR count). The van der Waals surface area contributed by atoms with Crippen LogP contribution in [0.15, 0.2) is 71.6 Å². The molecule has 0 aliphatic carbocycles. The van der Waals surface area contributed by atoms with E-state index in [4.69, 9.17) is 39.5 Å². The minimum absolute atomic E-state index is 0.0627. The molecule has 3 aromatic carbocycles. The Kier molecular flexibility index (Phi) is 6.39. The summed E-state index contributed by atoms with van der Waals surface area (Å²) in [5.41, 5.74) is 0.199. The van der Waals surface area contributed by atoms with Crippen molar-refractivity contribution in [2.45, 2.75) is 4.90 Å². The molecule has 0 aliphatic rings. The van der Waals surface area contributed by atoms with Gasteiger partial charge >= 0.3 is 0 Å². The molecule has 0 radical (unpaired) electrons. The first-order valence-electron chi connectivity index (χ1n) is 8.18. The number of nitrogens with zero attached hydrogens (tertiary/aromatic N) is 1. The fourth-order valence-corrected chi connectivity index (χ4v) is 4.38. The standard InChI is InChI=1S/C20H14Cl3NO4S/c1-28-16-7-5-15(6-8-16)24(20(25)13-2-11-18(22)19(23)12-13)29(26,27)17-9-3-14(21)4-10-17/h2-12H,1H3. The van der Waals surface area contributed by atoms with Gasteiger partial charge in [-0.1, -0.05) is 34.8 Å². The van der Waals surface area contributed by atoms with Crippen molar-refractivity contribution in [3.8, 4) is 5.75 Å². The van der Waals surface area contributed by atoms with Gasteiger partial charge in [0.1, 0.15) is 5.75 Å². The Morgan fingerprint density at radius 1 is 0.862 bits per heavy atom. The molecular formula is C20H14Cl3NO4S. The first-order valence-corrected chi connectivity index (χ1v) is 10.8. The number of ether oxygens (including phenoxy) is 1. The van der Waals surface area contributed by atoms with Crippen LogP contribution in [0, 0.1) is 0 Å². The number of benzene rings is 3. The van der Waals surface area contributed by atoms with Gasteiger partial charge in [0.05, 0.1) is 27.7 Å². The first-order chi connectivity index (χ1) is 13.7. The number of rotatable bonds is 5. The molecule has 0 saturated heterocycles. The van der Waals surface area contributed by atoms with Crippen LogP contribution in [0.3, 0.4) is 0 Å². The molecule has 0 aromatic heterocycles. The predicted molar refractivity (Wildman–Crippen MR) is 115 cm³/mol. The van der Waals surface area contributed by atoms with E-state index < -0.39 is 15.9 Å². The van der Waals surface area contributed by atoms with Crippen LogP contribution in [0.4, 0.5) is 5.69 Å². The largest absolute Gasteiger partial charge is 0.497 e. The van der Waals surface area contributed by atoms with Crippen molar-refractivity contribution in [3.63, 3.8) is 0 Å². The van der Waals surface area contributed by atoms with Gasteiger partial charge < -0.3 is 4.74 Å². The van der Waals surface area contributed by atoms with Gasteiger partial charge in [0.15, 0.2) is 0 Å². The van der Waals surface area contributed by atoms with Gasteiger partial charge in [0.2, 0.25) is 0 Å². The fraction of sp³-hybridized carbons (Fsp3) is 0.0500. The Morgan fingerprint density at radius 2 is 1.48 bits per heavy atom. The predicted octanol–water partition coefficient (Wildman–Crippen LogP) is 5.69. The number of carbonyl (C=O) groups excluding carboxylic acids is 1. The number of methoxy groups -OCH3 is 1. The van der Waals surface area contributed by atoms with Gasteiger partial charge in [0.25, 0.3) is 15.9 Å². The molecule has 1 amide bonds. The summed E-state index contributed by atoms with van der Waals surface area (Å²) < 4.78 is 32.5. The van der Waals surface area contributed by atoms with Crippen molar-refractivity contribution < 1.29 is 17.9 Å². The summed E-state index contributed by atoms with van der Waals surface area (Å²) in [7, 11) is -2.77. The average Bonchev–Trinajstić information content (AvgIpc) is 2.71. The van der Waals surface area contributed by atoms with Gasteiger partial charge in [-0.15, -0.1) is 0 Å². The number of carbonyl (C=O) groups is 1. The third-order valence-corrected chi connectivity index (χ3v) is 6.73. The summed E-state index contributed by atoms with van der Waals surface area (Å²) in [5.74, 6) is -0.275. The molecular weight excluding hydrogens is 457 g/mol. The lowest BCUT2D eigenvalue weighted by molar-refractivity contribution is 0.101. The molecule has 0 bridgehead atoms. The van der Waals surface area contributed by atoms with E-state index in [9.17, 15) is 13.2 Å². The first kappa shape index (κ1) is 21.5. The van der Waals surface area contributed by atoms with Crippen molar-refractivity contribution >= 4 is 56.4 Å². The Balaban J connectivity index is 2.16. The Labute approximate surface area is 183 Å².